The zero-order chi connectivity index (χ0) is 13.2. The van der Waals surface area contributed by atoms with Crippen molar-refractivity contribution in [2.75, 3.05) is 19.8 Å². The molecule has 0 amide bonds. The van der Waals surface area contributed by atoms with Gasteiger partial charge in [-0.05, 0) is 36.9 Å². The Bertz CT molecular complexity index is 307. The Morgan fingerprint density at radius 1 is 1.06 bits per heavy atom. The van der Waals surface area contributed by atoms with E-state index in [0.29, 0.717) is 6.04 Å². The van der Waals surface area contributed by atoms with Gasteiger partial charge < -0.3 is 10.1 Å². The van der Waals surface area contributed by atoms with Crippen LogP contribution in [-0.2, 0) is 11.2 Å². The molecule has 0 spiro atoms. The summed E-state index contributed by atoms with van der Waals surface area (Å²) in [4.78, 5) is 0. The SMILES string of the molecule is CCCOCCC(NCC)c1ccc(CC)cc1. The van der Waals surface area contributed by atoms with E-state index in [2.05, 4.69) is 50.4 Å². The number of benzene rings is 1. The molecule has 0 bridgehead atoms. The molecule has 0 aliphatic rings. The van der Waals surface area contributed by atoms with Crippen LogP contribution in [0.3, 0.4) is 0 Å². The smallest absolute Gasteiger partial charge is 0.0484 e. The number of nitrogens with one attached hydrogen (secondary N) is 1. The summed E-state index contributed by atoms with van der Waals surface area (Å²) in [5.74, 6) is 0. The lowest BCUT2D eigenvalue weighted by molar-refractivity contribution is 0.124. The molecule has 1 atom stereocenters. The van der Waals surface area contributed by atoms with Crippen LogP contribution >= 0.6 is 0 Å². The van der Waals surface area contributed by atoms with Gasteiger partial charge in [0.1, 0.15) is 0 Å². The van der Waals surface area contributed by atoms with Crippen LogP contribution in [0.2, 0.25) is 0 Å². The lowest BCUT2D eigenvalue weighted by Crippen LogP contribution is -2.22. The molecule has 1 aromatic carbocycles. The van der Waals surface area contributed by atoms with Gasteiger partial charge in [-0.15, -0.1) is 0 Å². The van der Waals surface area contributed by atoms with Gasteiger partial charge in [0.2, 0.25) is 0 Å². The predicted molar refractivity (Wildman–Crippen MR) is 78.0 cm³/mol. The highest BCUT2D eigenvalue weighted by molar-refractivity contribution is 5.25. The van der Waals surface area contributed by atoms with Crippen LogP contribution in [0.15, 0.2) is 24.3 Å². The first-order chi connectivity index (χ1) is 8.81. The van der Waals surface area contributed by atoms with Crippen LogP contribution in [0.5, 0.6) is 0 Å². The Morgan fingerprint density at radius 3 is 2.33 bits per heavy atom. The molecule has 18 heavy (non-hydrogen) atoms. The van der Waals surface area contributed by atoms with Gasteiger partial charge in [-0.2, -0.15) is 0 Å². The second-order valence-electron chi connectivity index (χ2n) is 4.61. The van der Waals surface area contributed by atoms with Crippen molar-refractivity contribution in [3.05, 3.63) is 35.4 Å². The van der Waals surface area contributed by atoms with E-state index in [1.807, 2.05) is 0 Å². The maximum Gasteiger partial charge on any atom is 0.0484 e. The lowest BCUT2D eigenvalue weighted by atomic mass is 10.0. The van der Waals surface area contributed by atoms with Crippen LogP contribution in [0, 0.1) is 0 Å². The van der Waals surface area contributed by atoms with Crippen molar-refractivity contribution in [3.8, 4) is 0 Å². The molecule has 1 rings (SSSR count). The molecule has 0 radical (unpaired) electrons. The third kappa shape index (κ3) is 5.19. The van der Waals surface area contributed by atoms with Gasteiger partial charge in [-0.3, -0.25) is 0 Å². The molecule has 2 nitrogen and oxygen atoms in total. The van der Waals surface area contributed by atoms with Crippen molar-refractivity contribution in [1.82, 2.24) is 5.32 Å². The fourth-order valence-electron chi connectivity index (χ4n) is 2.07. The zero-order valence-electron chi connectivity index (χ0n) is 12.0. The van der Waals surface area contributed by atoms with Crippen LogP contribution in [-0.4, -0.2) is 19.8 Å². The minimum absolute atomic E-state index is 0.415. The summed E-state index contributed by atoms with van der Waals surface area (Å²) in [5.41, 5.74) is 2.77. The van der Waals surface area contributed by atoms with Gasteiger partial charge in [0.15, 0.2) is 0 Å². The van der Waals surface area contributed by atoms with Gasteiger partial charge in [-0.25, -0.2) is 0 Å². The highest BCUT2D eigenvalue weighted by Crippen LogP contribution is 2.17. The molecular weight excluding hydrogens is 222 g/mol. The highest BCUT2D eigenvalue weighted by Gasteiger charge is 2.09. The van der Waals surface area contributed by atoms with Crippen LogP contribution in [0.1, 0.15) is 50.8 Å². The molecule has 1 unspecified atom stereocenters. The van der Waals surface area contributed by atoms with E-state index in [0.717, 1.165) is 39.0 Å². The number of ether oxygens (including phenoxy) is 1. The summed E-state index contributed by atoms with van der Waals surface area (Å²) in [6, 6.07) is 9.36. The lowest BCUT2D eigenvalue weighted by Gasteiger charge is -2.18. The van der Waals surface area contributed by atoms with Gasteiger partial charge in [0.05, 0.1) is 0 Å². The van der Waals surface area contributed by atoms with E-state index >= 15 is 0 Å². The first kappa shape index (κ1) is 15.2. The van der Waals surface area contributed by atoms with E-state index < -0.39 is 0 Å². The fraction of sp³-hybridized carbons (Fsp3) is 0.625. The first-order valence-corrected chi connectivity index (χ1v) is 7.21. The Kier molecular flexibility index (Phi) is 7.70. The molecule has 1 aromatic rings. The summed E-state index contributed by atoms with van der Waals surface area (Å²) in [6.07, 6.45) is 3.24. The molecule has 0 fully saturated rings. The molecule has 0 saturated carbocycles. The van der Waals surface area contributed by atoms with E-state index in [4.69, 9.17) is 4.74 Å². The number of aryl methyl sites for hydroxylation is 1. The molecule has 2 heteroatoms. The third-order valence-electron chi connectivity index (χ3n) is 3.14. The molecule has 0 aliphatic heterocycles. The Balaban J connectivity index is 2.53. The van der Waals surface area contributed by atoms with Crippen LogP contribution < -0.4 is 5.32 Å². The van der Waals surface area contributed by atoms with Crippen molar-refractivity contribution in [1.29, 1.82) is 0 Å². The highest BCUT2D eigenvalue weighted by atomic mass is 16.5. The van der Waals surface area contributed by atoms with Crippen LogP contribution in [0.25, 0.3) is 0 Å². The van der Waals surface area contributed by atoms with Gasteiger partial charge >= 0.3 is 0 Å². The minimum Gasteiger partial charge on any atom is -0.381 e. The van der Waals surface area contributed by atoms with E-state index in [-0.39, 0.29) is 0 Å². The van der Waals surface area contributed by atoms with Crippen molar-refractivity contribution in [2.45, 2.75) is 46.1 Å². The number of hydrogen-bond acceptors (Lipinski definition) is 2. The second-order valence-corrected chi connectivity index (χ2v) is 4.61. The van der Waals surface area contributed by atoms with E-state index in [9.17, 15) is 0 Å². The predicted octanol–water partition coefficient (Wildman–Crippen LogP) is 3.72. The number of hydrogen-bond donors (Lipinski definition) is 1. The maximum atomic E-state index is 5.59. The zero-order valence-corrected chi connectivity index (χ0v) is 12.0. The van der Waals surface area contributed by atoms with Gasteiger partial charge in [0.25, 0.3) is 0 Å². The normalized spacial score (nSPS) is 12.6. The summed E-state index contributed by atoms with van der Waals surface area (Å²) in [7, 11) is 0. The van der Waals surface area contributed by atoms with E-state index in [1.165, 1.54) is 11.1 Å². The quantitative estimate of drug-likeness (QED) is 0.674. The van der Waals surface area contributed by atoms with Crippen molar-refractivity contribution < 1.29 is 4.74 Å². The number of rotatable bonds is 9. The average molecular weight is 249 g/mol. The molecule has 0 heterocycles. The second kappa shape index (κ2) is 9.12. The van der Waals surface area contributed by atoms with Crippen molar-refractivity contribution >= 4 is 0 Å². The molecular formula is C16H27NO. The monoisotopic (exact) mass is 249 g/mol. The average Bonchev–Trinajstić information content (AvgIpc) is 2.42. The molecule has 0 aromatic heterocycles. The standard InChI is InChI=1S/C16H27NO/c1-4-12-18-13-11-16(17-6-3)15-9-7-14(5-2)8-10-15/h7-10,16-17H,4-6,11-13H2,1-3H3. The minimum atomic E-state index is 0.415. The summed E-state index contributed by atoms with van der Waals surface area (Å²) >= 11 is 0. The Morgan fingerprint density at radius 2 is 1.78 bits per heavy atom. The fourth-order valence-corrected chi connectivity index (χ4v) is 2.07. The van der Waals surface area contributed by atoms with Gasteiger partial charge in [-0.1, -0.05) is 45.0 Å². The van der Waals surface area contributed by atoms with Crippen LogP contribution in [0.4, 0.5) is 0 Å². The molecule has 0 saturated heterocycles. The maximum absolute atomic E-state index is 5.59. The Labute approximate surface area is 112 Å². The third-order valence-corrected chi connectivity index (χ3v) is 3.14. The topological polar surface area (TPSA) is 21.3 Å². The molecule has 0 aliphatic carbocycles. The van der Waals surface area contributed by atoms with Crippen molar-refractivity contribution in [3.63, 3.8) is 0 Å². The summed E-state index contributed by atoms with van der Waals surface area (Å²) in [5, 5.41) is 3.53. The van der Waals surface area contributed by atoms with Gasteiger partial charge in [0, 0.05) is 19.3 Å². The summed E-state index contributed by atoms with van der Waals surface area (Å²) < 4.78 is 5.59. The molecule has 1 N–H and O–H groups in total. The molecule has 102 valence electrons. The summed E-state index contributed by atoms with van der Waals surface area (Å²) in [6.45, 7) is 9.18. The van der Waals surface area contributed by atoms with Crippen molar-refractivity contribution in [2.24, 2.45) is 0 Å². The Hall–Kier alpha value is -0.860. The largest absolute Gasteiger partial charge is 0.381 e. The van der Waals surface area contributed by atoms with E-state index in [1.54, 1.807) is 0 Å². The first-order valence-electron chi connectivity index (χ1n) is 7.21.